The van der Waals surface area contributed by atoms with Crippen LogP contribution < -0.4 is 10.1 Å². The van der Waals surface area contributed by atoms with Gasteiger partial charge in [0.15, 0.2) is 0 Å². The van der Waals surface area contributed by atoms with Crippen LogP contribution in [0.15, 0.2) is 24.3 Å². The Morgan fingerprint density at radius 3 is 2.48 bits per heavy atom. The Bertz CT molecular complexity index is 431. The van der Waals surface area contributed by atoms with Crippen LogP contribution in [0.3, 0.4) is 0 Å². The molecule has 0 radical (unpaired) electrons. The van der Waals surface area contributed by atoms with Crippen molar-refractivity contribution in [3.05, 3.63) is 29.8 Å². The Morgan fingerprint density at radius 2 is 1.90 bits per heavy atom. The van der Waals surface area contributed by atoms with Gasteiger partial charge in [0.2, 0.25) is 0 Å². The highest BCUT2D eigenvalue weighted by molar-refractivity contribution is 5.29. The van der Waals surface area contributed by atoms with E-state index in [0.29, 0.717) is 12.1 Å². The lowest BCUT2D eigenvalue weighted by Gasteiger charge is -2.42. The van der Waals surface area contributed by atoms with Crippen LogP contribution in [0.25, 0.3) is 0 Å². The lowest BCUT2D eigenvalue weighted by molar-refractivity contribution is 0.0710. The van der Waals surface area contributed by atoms with Crippen molar-refractivity contribution in [3.8, 4) is 5.75 Å². The van der Waals surface area contributed by atoms with Crippen molar-refractivity contribution in [1.29, 1.82) is 0 Å². The van der Waals surface area contributed by atoms with Gasteiger partial charge in [-0.25, -0.2) is 0 Å². The molecule has 2 rings (SSSR count). The fourth-order valence-corrected chi connectivity index (χ4v) is 3.51. The Hall–Kier alpha value is -1.06. The van der Waals surface area contributed by atoms with Gasteiger partial charge in [-0.3, -0.25) is 4.90 Å². The zero-order chi connectivity index (χ0) is 15.4. The maximum Gasteiger partial charge on any atom is 0.118 e. The molecule has 1 aliphatic rings. The molecule has 0 amide bonds. The summed E-state index contributed by atoms with van der Waals surface area (Å²) in [7, 11) is 3.76. The van der Waals surface area contributed by atoms with E-state index in [1.54, 1.807) is 7.11 Å². The smallest absolute Gasteiger partial charge is 0.118 e. The second-order valence-electron chi connectivity index (χ2n) is 6.63. The molecule has 1 N–H and O–H groups in total. The molecule has 0 aliphatic carbocycles. The largest absolute Gasteiger partial charge is 0.497 e. The van der Waals surface area contributed by atoms with Crippen LogP contribution in [0.2, 0.25) is 0 Å². The molecule has 0 saturated carbocycles. The summed E-state index contributed by atoms with van der Waals surface area (Å²) in [5, 5.41) is 3.47. The standard InChI is InChI=1S/C18H30N2O/c1-13-10-14(2)15(3)20(11-13)12-18(19-4)16-6-8-17(21-5)9-7-16/h6-9,13-15,18-19H,10-12H2,1-5H3. The Labute approximate surface area is 129 Å². The van der Waals surface area contributed by atoms with Gasteiger partial charge in [0, 0.05) is 25.2 Å². The van der Waals surface area contributed by atoms with Gasteiger partial charge < -0.3 is 10.1 Å². The average molecular weight is 290 g/mol. The molecule has 4 unspecified atom stereocenters. The molecule has 3 heteroatoms. The van der Waals surface area contributed by atoms with E-state index in [2.05, 4.69) is 50.2 Å². The molecule has 1 aliphatic heterocycles. The monoisotopic (exact) mass is 290 g/mol. The lowest BCUT2D eigenvalue weighted by Crippen LogP contribution is -2.48. The number of benzene rings is 1. The molecule has 0 aromatic heterocycles. The quantitative estimate of drug-likeness (QED) is 0.900. The van der Waals surface area contributed by atoms with E-state index in [1.807, 2.05) is 12.1 Å². The highest BCUT2D eigenvalue weighted by Gasteiger charge is 2.30. The Kier molecular flexibility index (Phi) is 5.65. The van der Waals surface area contributed by atoms with E-state index in [-0.39, 0.29) is 0 Å². The van der Waals surface area contributed by atoms with Crippen LogP contribution in [0, 0.1) is 11.8 Å². The first-order chi connectivity index (χ1) is 10.0. The summed E-state index contributed by atoms with van der Waals surface area (Å²) in [6.07, 6.45) is 1.35. The topological polar surface area (TPSA) is 24.5 Å². The SMILES string of the molecule is CNC(CN1CC(C)CC(C)C1C)c1ccc(OC)cc1. The first kappa shape index (κ1) is 16.3. The fraction of sp³-hybridized carbons (Fsp3) is 0.667. The molecule has 1 fully saturated rings. The molecular weight excluding hydrogens is 260 g/mol. The molecule has 21 heavy (non-hydrogen) atoms. The minimum Gasteiger partial charge on any atom is -0.497 e. The Balaban J connectivity index is 2.06. The Morgan fingerprint density at radius 1 is 1.24 bits per heavy atom. The van der Waals surface area contributed by atoms with Crippen molar-refractivity contribution in [1.82, 2.24) is 10.2 Å². The highest BCUT2D eigenvalue weighted by atomic mass is 16.5. The van der Waals surface area contributed by atoms with Gasteiger partial charge in [0.25, 0.3) is 0 Å². The number of piperidine rings is 1. The predicted molar refractivity (Wildman–Crippen MR) is 88.8 cm³/mol. The molecule has 0 bridgehead atoms. The molecule has 118 valence electrons. The number of likely N-dealkylation sites (tertiary alicyclic amines) is 1. The minimum atomic E-state index is 0.371. The third-order valence-corrected chi connectivity index (χ3v) is 5.00. The predicted octanol–water partition coefficient (Wildman–Crippen LogP) is 3.32. The summed E-state index contributed by atoms with van der Waals surface area (Å²) in [5.41, 5.74) is 1.33. The van der Waals surface area contributed by atoms with Gasteiger partial charge in [-0.15, -0.1) is 0 Å². The van der Waals surface area contributed by atoms with E-state index in [4.69, 9.17) is 4.74 Å². The zero-order valence-corrected chi connectivity index (χ0v) is 14.1. The molecule has 1 aromatic rings. The van der Waals surface area contributed by atoms with E-state index in [9.17, 15) is 0 Å². The van der Waals surface area contributed by atoms with Crippen LogP contribution in [0.5, 0.6) is 5.75 Å². The van der Waals surface area contributed by atoms with E-state index in [0.717, 1.165) is 24.1 Å². The summed E-state index contributed by atoms with van der Waals surface area (Å²) >= 11 is 0. The maximum absolute atomic E-state index is 5.25. The molecule has 1 heterocycles. The van der Waals surface area contributed by atoms with Gasteiger partial charge in [0.1, 0.15) is 5.75 Å². The van der Waals surface area contributed by atoms with Crippen molar-refractivity contribution in [2.75, 3.05) is 27.2 Å². The summed E-state index contributed by atoms with van der Waals surface area (Å²) in [6, 6.07) is 9.46. The van der Waals surface area contributed by atoms with E-state index >= 15 is 0 Å². The summed E-state index contributed by atoms with van der Waals surface area (Å²) in [4.78, 5) is 2.64. The lowest BCUT2D eigenvalue weighted by atomic mass is 9.85. The third-order valence-electron chi connectivity index (χ3n) is 5.00. The second-order valence-corrected chi connectivity index (χ2v) is 6.63. The van der Waals surface area contributed by atoms with E-state index in [1.165, 1.54) is 18.5 Å². The summed E-state index contributed by atoms with van der Waals surface area (Å²) < 4.78 is 5.25. The second kappa shape index (κ2) is 7.28. The number of methoxy groups -OCH3 is 1. The molecule has 3 nitrogen and oxygen atoms in total. The van der Waals surface area contributed by atoms with Crippen molar-refractivity contribution in [3.63, 3.8) is 0 Å². The van der Waals surface area contributed by atoms with E-state index < -0.39 is 0 Å². The van der Waals surface area contributed by atoms with Gasteiger partial charge in [0.05, 0.1) is 7.11 Å². The molecule has 1 aromatic carbocycles. The summed E-state index contributed by atoms with van der Waals surface area (Å²) in [6.45, 7) is 9.40. The van der Waals surface area contributed by atoms with Crippen molar-refractivity contribution in [2.24, 2.45) is 11.8 Å². The van der Waals surface area contributed by atoms with Gasteiger partial charge in [-0.2, -0.15) is 0 Å². The number of hydrogen-bond acceptors (Lipinski definition) is 3. The number of nitrogens with one attached hydrogen (secondary N) is 1. The highest BCUT2D eigenvalue weighted by Crippen LogP contribution is 2.29. The van der Waals surface area contributed by atoms with Gasteiger partial charge in [-0.05, 0) is 49.9 Å². The first-order valence-electron chi connectivity index (χ1n) is 8.10. The number of likely N-dealkylation sites (N-methyl/N-ethyl adjacent to an activating group) is 1. The van der Waals surface area contributed by atoms with Gasteiger partial charge >= 0.3 is 0 Å². The minimum absolute atomic E-state index is 0.371. The fourth-order valence-electron chi connectivity index (χ4n) is 3.51. The van der Waals surface area contributed by atoms with Crippen molar-refractivity contribution < 1.29 is 4.74 Å². The molecular formula is C18H30N2O. The average Bonchev–Trinajstić information content (AvgIpc) is 2.49. The van der Waals surface area contributed by atoms with Crippen molar-refractivity contribution >= 4 is 0 Å². The number of ether oxygens (including phenoxy) is 1. The third kappa shape index (κ3) is 3.98. The zero-order valence-electron chi connectivity index (χ0n) is 14.1. The molecule has 1 saturated heterocycles. The first-order valence-corrected chi connectivity index (χ1v) is 8.10. The van der Waals surface area contributed by atoms with Gasteiger partial charge in [-0.1, -0.05) is 26.0 Å². The summed E-state index contributed by atoms with van der Waals surface area (Å²) in [5.74, 6) is 2.49. The maximum atomic E-state index is 5.25. The molecule has 0 spiro atoms. The number of rotatable bonds is 5. The van der Waals surface area contributed by atoms with Crippen LogP contribution >= 0.6 is 0 Å². The number of nitrogens with zero attached hydrogens (tertiary/aromatic N) is 1. The van der Waals surface area contributed by atoms with Crippen molar-refractivity contribution in [2.45, 2.75) is 39.3 Å². The normalized spacial score (nSPS) is 28.3. The molecule has 4 atom stereocenters. The number of hydrogen-bond donors (Lipinski definition) is 1. The van der Waals surface area contributed by atoms with Crippen LogP contribution in [-0.2, 0) is 0 Å². The van der Waals surface area contributed by atoms with Crippen LogP contribution in [0.1, 0.15) is 38.8 Å². The van der Waals surface area contributed by atoms with Crippen LogP contribution in [0.4, 0.5) is 0 Å². The van der Waals surface area contributed by atoms with Crippen LogP contribution in [-0.4, -0.2) is 38.2 Å².